The first-order valence-corrected chi connectivity index (χ1v) is 6.52. The highest BCUT2D eigenvalue weighted by Crippen LogP contribution is 2.10. The number of aryl methyl sites for hydroxylation is 1. The molecule has 0 bridgehead atoms. The molecule has 1 N–H and O–H groups in total. The average Bonchev–Trinajstić information content (AvgIpc) is 2.45. The molecule has 0 aliphatic rings. The van der Waals surface area contributed by atoms with Crippen LogP contribution in [0, 0.1) is 0 Å². The van der Waals surface area contributed by atoms with Crippen molar-refractivity contribution in [1.29, 1.82) is 0 Å². The van der Waals surface area contributed by atoms with Crippen LogP contribution in [0.1, 0.15) is 17.5 Å². The molecule has 0 atom stereocenters. The topological polar surface area (TPSA) is 42.0 Å². The van der Waals surface area contributed by atoms with Crippen LogP contribution in [0.2, 0.25) is 5.02 Å². The predicted molar refractivity (Wildman–Crippen MR) is 75.9 cm³/mol. The minimum Gasteiger partial charge on any atom is -0.352 e. The Morgan fingerprint density at radius 3 is 2.42 bits per heavy atom. The number of nitrogens with one attached hydrogen (secondary N) is 1. The van der Waals surface area contributed by atoms with Crippen LogP contribution in [0.25, 0.3) is 0 Å². The van der Waals surface area contributed by atoms with Crippen LogP contribution in [0.4, 0.5) is 0 Å². The first kappa shape index (κ1) is 13.6. The van der Waals surface area contributed by atoms with Gasteiger partial charge in [0.25, 0.3) is 0 Å². The van der Waals surface area contributed by atoms with Crippen molar-refractivity contribution >= 4 is 17.5 Å². The van der Waals surface area contributed by atoms with Gasteiger partial charge in [0.15, 0.2) is 0 Å². The number of carbonyl (C=O) groups is 1. The third-order valence-corrected chi connectivity index (χ3v) is 3.05. The summed E-state index contributed by atoms with van der Waals surface area (Å²) in [5.74, 6) is 0.0479. The van der Waals surface area contributed by atoms with E-state index in [0.29, 0.717) is 18.0 Å². The Kier molecular flexibility index (Phi) is 4.93. The molecule has 0 saturated carbocycles. The molecule has 2 aromatic rings. The van der Waals surface area contributed by atoms with Gasteiger partial charge in [0.2, 0.25) is 5.91 Å². The van der Waals surface area contributed by atoms with E-state index >= 15 is 0 Å². The van der Waals surface area contributed by atoms with E-state index in [9.17, 15) is 4.79 Å². The number of halogens is 1. The molecule has 1 amide bonds. The molecule has 98 valence electrons. The largest absolute Gasteiger partial charge is 0.352 e. The molecule has 3 nitrogen and oxygen atoms in total. The Labute approximate surface area is 117 Å². The minimum atomic E-state index is 0.0479. The van der Waals surface area contributed by atoms with Gasteiger partial charge < -0.3 is 5.32 Å². The van der Waals surface area contributed by atoms with E-state index in [1.807, 2.05) is 36.4 Å². The van der Waals surface area contributed by atoms with Crippen molar-refractivity contribution in [2.45, 2.75) is 19.4 Å². The van der Waals surface area contributed by atoms with Crippen LogP contribution in [0.5, 0.6) is 0 Å². The van der Waals surface area contributed by atoms with Crippen molar-refractivity contribution in [3.8, 4) is 0 Å². The van der Waals surface area contributed by atoms with Gasteiger partial charge in [-0.3, -0.25) is 9.78 Å². The molecule has 0 radical (unpaired) electrons. The Hall–Kier alpha value is -1.87. The van der Waals surface area contributed by atoms with Gasteiger partial charge in [0.05, 0.1) is 0 Å². The fourth-order valence-corrected chi connectivity index (χ4v) is 1.82. The molecule has 0 aliphatic carbocycles. The van der Waals surface area contributed by atoms with Gasteiger partial charge in [0, 0.05) is 30.4 Å². The Bertz CT molecular complexity index is 526. The van der Waals surface area contributed by atoms with Gasteiger partial charge in [-0.25, -0.2) is 0 Å². The number of rotatable bonds is 5. The van der Waals surface area contributed by atoms with Gasteiger partial charge in [-0.15, -0.1) is 0 Å². The van der Waals surface area contributed by atoms with E-state index in [2.05, 4.69) is 10.3 Å². The second-order valence-electron chi connectivity index (χ2n) is 4.26. The van der Waals surface area contributed by atoms with Gasteiger partial charge in [0.1, 0.15) is 0 Å². The molecule has 2 rings (SSSR count). The fraction of sp³-hybridized carbons (Fsp3) is 0.200. The zero-order valence-corrected chi connectivity index (χ0v) is 11.2. The molecule has 0 aliphatic heterocycles. The number of benzene rings is 1. The summed E-state index contributed by atoms with van der Waals surface area (Å²) in [6.07, 6.45) is 4.64. The Morgan fingerprint density at radius 1 is 1.05 bits per heavy atom. The van der Waals surface area contributed by atoms with Crippen molar-refractivity contribution in [3.05, 3.63) is 64.9 Å². The molecular weight excluding hydrogens is 260 g/mol. The summed E-state index contributed by atoms with van der Waals surface area (Å²) in [6.45, 7) is 0.544. The van der Waals surface area contributed by atoms with Crippen LogP contribution in [-0.4, -0.2) is 10.9 Å². The predicted octanol–water partition coefficient (Wildman–Crippen LogP) is 2.98. The highest BCUT2D eigenvalue weighted by molar-refractivity contribution is 6.30. The lowest BCUT2D eigenvalue weighted by atomic mass is 10.1. The second kappa shape index (κ2) is 6.90. The Balaban J connectivity index is 1.74. The van der Waals surface area contributed by atoms with E-state index in [1.54, 1.807) is 12.4 Å². The monoisotopic (exact) mass is 274 g/mol. The van der Waals surface area contributed by atoms with E-state index in [0.717, 1.165) is 17.5 Å². The molecule has 1 aromatic heterocycles. The van der Waals surface area contributed by atoms with Crippen molar-refractivity contribution in [1.82, 2.24) is 10.3 Å². The summed E-state index contributed by atoms with van der Waals surface area (Å²) in [5, 5.41) is 3.60. The molecule has 0 saturated heterocycles. The number of pyridine rings is 1. The standard InChI is InChI=1S/C15H15ClN2O/c16-14-4-1-12(2-5-14)3-6-15(19)18-11-13-7-9-17-10-8-13/h1-2,4-5,7-10H,3,6,11H2,(H,18,19). The summed E-state index contributed by atoms with van der Waals surface area (Å²) in [7, 11) is 0. The molecule has 1 aromatic carbocycles. The second-order valence-corrected chi connectivity index (χ2v) is 4.70. The maximum Gasteiger partial charge on any atom is 0.220 e. The van der Waals surface area contributed by atoms with Gasteiger partial charge in [-0.2, -0.15) is 0 Å². The number of hydrogen-bond acceptors (Lipinski definition) is 2. The smallest absolute Gasteiger partial charge is 0.220 e. The third-order valence-electron chi connectivity index (χ3n) is 2.79. The zero-order chi connectivity index (χ0) is 13.5. The van der Waals surface area contributed by atoms with E-state index < -0.39 is 0 Å². The van der Waals surface area contributed by atoms with E-state index in [1.165, 1.54) is 0 Å². The lowest BCUT2D eigenvalue weighted by molar-refractivity contribution is -0.121. The lowest BCUT2D eigenvalue weighted by Crippen LogP contribution is -2.22. The fourth-order valence-electron chi connectivity index (χ4n) is 1.70. The highest BCUT2D eigenvalue weighted by Gasteiger charge is 2.02. The molecule has 0 spiro atoms. The van der Waals surface area contributed by atoms with Crippen LogP contribution >= 0.6 is 11.6 Å². The first-order chi connectivity index (χ1) is 9.24. The number of amides is 1. The van der Waals surface area contributed by atoms with Crippen LogP contribution < -0.4 is 5.32 Å². The Morgan fingerprint density at radius 2 is 1.74 bits per heavy atom. The molecule has 1 heterocycles. The SMILES string of the molecule is O=C(CCc1ccc(Cl)cc1)NCc1ccncc1. The van der Waals surface area contributed by atoms with E-state index in [4.69, 9.17) is 11.6 Å². The van der Waals surface area contributed by atoms with Crippen LogP contribution in [0.15, 0.2) is 48.8 Å². The highest BCUT2D eigenvalue weighted by atomic mass is 35.5. The normalized spacial score (nSPS) is 10.2. The maximum atomic E-state index is 11.7. The lowest BCUT2D eigenvalue weighted by Gasteiger charge is -2.05. The average molecular weight is 275 g/mol. The van der Waals surface area contributed by atoms with Crippen LogP contribution in [0.3, 0.4) is 0 Å². The third kappa shape index (κ3) is 4.72. The van der Waals surface area contributed by atoms with Gasteiger partial charge >= 0.3 is 0 Å². The maximum absolute atomic E-state index is 11.7. The van der Waals surface area contributed by atoms with Crippen molar-refractivity contribution in [3.63, 3.8) is 0 Å². The number of aromatic nitrogens is 1. The van der Waals surface area contributed by atoms with Crippen molar-refractivity contribution in [2.24, 2.45) is 0 Å². The zero-order valence-electron chi connectivity index (χ0n) is 10.5. The van der Waals surface area contributed by atoms with E-state index in [-0.39, 0.29) is 5.91 Å². The number of carbonyl (C=O) groups excluding carboxylic acids is 1. The summed E-state index contributed by atoms with van der Waals surface area (Å²) >= 11 is 5.81. The summed E-state index contributed by atoms with van der Waals surface area (Å²) < 4.78 is 0. The van der Waals surface area contributed by atoms with Crippen LogP contribution in [-0.2, 0) is 17.8 Å². The van der Waals surface area contributed by atoms with Crippen molar-refractivity contribution < 1.29 is 4.79 Å². The molecular formula is C15H15ClN2O. The van der Waals surface area contributed by atoms with Gasteiger partial charge in [-0.1, -0.05) is 23.7 Å². The molecule has 0 unspecified atom stereocenters. The van der Waals surface area contributed by atoms with Crippen molar-refractivity contribution in [2.75, 3.05) is 0 Å². The number of hydrogen-bond donors (Lipinski definition) is 1. The minimum absolute atomic E-state index is 0.0479. The molecule has 19 heavy (non-hydrogen) atoms. The summed E-state index contributed by atoms with van der Waals surface area (Å²) in [5.41, 5.74) is 2.17. The quantitative estimate of drug-likeness (QED) is 0.911. The van der Waals surface area contributed by atoms with Gasteiger partial charge in [-0.05, 0) is 41.8 Å². The summed E-state index contributed by atoms with van der Waals surface area (Å²) in [6, 6.07) is 11.3. The molecule has 4 heteroatoms. The summed E-state index contributed by atoms with van der Waals surface area (Å²) in [4.78, 5) is 15.6. The first-order valence-electron chi connectivity index (χ1n) is 6.14. The number of nitrogens with zero attached hydrogens (tertiary/aromatic N) is 1. The molecule has 0 fully saturated rings.